The third kappa shape index (κ3) is 7.85. The van der Waals surface area contributed by atoms with E-state index in [9.17, 15) is 9.59 Å². The number of hydrogen-bond acceptors (Lipinski definition) is 6. The molecule has 0 heterocycles. The van der Waals surface area contributed by atoms with Crippen LogP contribution in [0.1, 0.15) is 25.3 Å². The highest BCUT2D eigenvalue weighted by molar-refractivity contribution is 6.32. The number of halogens is 1. The lowest BCUT2D eigenvalue weighted by Gasteiger charge is -2.12. The van der Waals surface area contributed by atoms with E-state index in [0.717, 1.165) is 0 Å². The van der Waals surface area contributed by atoms with Crippen molar-refractivity contribution in [2.75, 3.05) is 25.6 Å². The van der Waals surface area contributed by atoms with E-state index >= 15 is 0 Å². The molecular weight excluding hydrogens is 434 g/mol. The molecule has 0 fully saturated rings. The van der Waals surface area contributed by atoms with E-state index in [1.54, 1.807) is 43.5 Å². The number of benzene rings is 2. The van der Waals surface area contributed by atoms with Crippen molar-refractivity contribution in [1.82, 2.24) is 5.43 Å². The molecule has 0 aliphatic rings. The van der Waals surface area contributed by atoms with Crippen molar-refractivity contribution < 1.29 is 23.8 Å². The Labute approximate surface area is 191 Å². The number of terminal acetylenes is 1. The Balaban J connectivity index is 1.86. The molecule has 0 atom stereocenters. The zero-order valence-electron chi connectivity index (χ0n) is 17.8. The van der Waals surface area contributed by atoms with Crippen LogP contribution in [0.4, 0.5) is 5.69 Å². The number of nitrogens with zero attached hydrogens (tertiary/aromatic N) is 1. The molecule has 0 aromatic heterocycles. The molecule has 0 bridgehead atoms. The zero-order valence-corrected chi connectivity index (χ0v) is 18.6. The highest BCUT2D eigenvalue weighted by atomic mass is 35.5. The number of rotatable bonds is 11. The van der Waals surface area contributed by atoms with Crippen LogP contribution in [0.5, 0.6) is 17.2 Å². The number of anilines is 1. The van der Waals surface area contributed by atoms with Crippen molar-refractivity contribution in [3.63, 3.8) is 0 Å². The average Bonchev–Trinajstić information content (AvgIpc) is 2.78. The normalized spacial score (nSPS) is 10.3. The zero-order chi connectivity index (χ0) is 23.3. The summed E-state index contributed by atoms with van der Waals surface area (Å²) in [6, 6.07) is 10.2. The summed E-state index contributed by atoms with van der Waals surface area (Å²) in [5, 5.41) is 6.91. The predicted molar refractivity (Wildman–Crippen MR) is 124 cm³/mol. The van der Waals surface area contributed by atoms with Crippen LogP contribution in [0.2, 0.25) is 5.02 Å². The molecule has 0 saturated heterocycles. The van der Waals surface area contributed by atoms with Crippen molar-refractivity contribution in [3.05, 3.63) is 47.0 Å². The Morgan fingerprint density at radius 1 is 1.16 bits per heavy atom. The quantitative estimate of drug-likeness (QED) is 0.305. The number of methoxy groups -OCH3 is 1. The van der Waals surface area contributed by atoms with Crippen LogP contribution in [0.15, 0.2) is 41.5 Å². The summed E-state index contributed by atoms with van der Waals surface area (Å²) in [6.07, 6.45) is 6.61. The smallest absolute Gasteiger partial charge is 0.240 e. The fourth-order valence-corrected chi connectivity index (χ4v) is 2.81. The van der Waals surface area contributed by atoms with Crippen LogP contribution in [0.25, 0.3) is 0 Å². The molecule has 0 radical (unpaired) electrons. The average molecular weight is 458 g/mol. The molecule has 2 aromatic rings. The van der Waals surface area contributed by atoms with Gasteiger partial charge in [-0.2, -0.15) is 5.10 Å². The monoisotopic (exact) mass is 457 g/mol. The van der Waals surface area contributed by atoms with Crippen LogP contribution in [0, 0.1) is 12.3 Å². The van der Waals surface area contributed by atoms with Gasteiger partial charge in [-0.1, -0.05) is 17.5 Å². The number of amides is 2. The minimum Gasteiger partial charge on any atom is -0.497 e. The maximum absolute atomic E-state index is 12.0. The molecule has 2 rings (SSSR count). The summed E-state index contributed by atoms with van der Waals surface area (Å²) in [6.45, 7) is 2.28. The fraction of sp³-hybridized carbons (Fsp3) is 0.261. The van der Waals surface area contributed by atoms with Crippen LogP contribution < -0.4 is 25.0 Å². The fourth-order valence-electron chi connectivity index (χ4n) is 2.54. The highest BCUT2D eigenvalue weighted by Crippen LogP contribution is 2.36. The first-order valence-corrected chi connectivity index (χ1v) is 10.1. The summed E-state index contributed by atoms with van der Waals surface area (Å²) in [4.78, 5) is 24.0. The van der Waals surface area contributed by atoms with E-state index in [0.29, 0.717) is 40.1 Å². The summed E-state index contributed by atoms with van der Waals surface area (Å²) in [5.41, 5.74) is 3.58. The third-order valence-corrected chi connectivity index (χ3v) is 4.27. The first-order chi connectivity index (χ1) is 15.5. The molecule has 2 N–H and O–H groups in total. The second kappa shape index (κ2) is 12.9. The summed E-state index contributed by atoms with van der Waals surface area (Å²) < 4.78 is 16.0. The molecule has 32 heavy (non-hydrogen) atoms. The molecule has 2 amide bonds. The van der Waals surface area contributed by atoms with Gasteiger partial charge in [0.15, 0.2) is 11.5 Å². The molecule has 0 saturated carbocycles. The lowest BCUT2D eigenvalue weighted by Crippen LogP contribution is -2.20. The van der Waals surface area contributed by atoms with Crippen LogP contribution in [-0.2, 0) is 9.59 Å². The Morgan fingerprint density at radius 2 is 1.88 bits per heavy atom. The third-order valence-electron chi connectivity index (χ3n) is 3.99. The number of hydrogen-bond donors (Lipinski definition) is 2. The Hall–Kier alpha value is -3.70. The molecule has 168 valence electrons. The molecule has 8 nitrogen and oxygen atoms in total. The lowest BCUT2D eigenvalue weighted by atomic mass is 10.2. The van der Waals surface area contributed by atoms with Crippen molar-refractivity contribution in [2.24, 2.45) is 5.10 Å². The van der Waals surface area contributed by atoms with Gasteiger partial charge in [0.25, 0.3) is 0 Å². The maximum atomic E-state index is 12.0. The summed E-state index contributed by atoms with van der Waals surface area (Å²) in [5.74, 6) is 3.12. The topological polar surface area (TPSA) is 98.2 Å². The van der Waals surface area contributed by atoms with Gasteiger partial charge in [-0.25, -0.2) is 5.43 Å². The maximum Gasteiger partial charge on any atom is 0.240 e. The van der Waals surface area contributed by atoms with Crippen molar-refractivity contribution in [3.8, 4) is 29.6 Å². The van der Waals surface area contributed by atoms with E-state index in [1.807, 2.05) is 6.92 Å². The number of nitrogens with one attached hydrogen (secondary N) is 2. The van der Waals surface area contributed by atoms with Gasteiger partial charge in [0.05, 0.1) is 25.0 Å². The standard InChI is InChI=1S/C23H24ClN3O5/c1-4-12-32-23-19(24)13-16(14-20(23)31-5-2)15-25-27-22(29)11-10-21(28)26-17-6-8-18(30-3)9-7-17/h1,6-9,13-15H,5,10-12H2,2-3H3,(H,26,28)(H,27,29). The summed E-state index contributed by atoms with van der Waals surface area (Å²) >= 11 is 6.24. The van der Waals surface area contributed by atoms with Crippen LogP contribution >= 0.6 is 11.6 Å². The van der Waals surface area contributed by atoms with E-state index in [-0.39, 0.29) is 25.4 Å². The molecule has 0 unspecified atom stereocenters. The largest absolute Gasteiger partial charge is 0.497 e. The number of carbonyl (C=O) groups is 2. The van der Waals surface area contributed by atoms with Gasteiger partial charge in [0.1, 0.15) is 12.4 Å². The molecule has 0 spiro atoms. The number of carbonyl (C=O) groups excluding carboxylic acids is 2. The van der Waals surface area contributed by atoms with Gasteiger partial charge >= 0.3 is 0 Å². The van der Waals surface area contributed by atoms with Crippen molar-refractivity contribution >= 4 is 35.3 Å². The van der Waals surface area contributed by atoms with Gasteiger partial charge in [-0.3, -0.25) is 9.59 Å². The van der Waals surface area contributed by atoms with Gasteiger partial charge < -0.3 is 19.5 Å². The molecular formula is C23H24ClN3O5. The molecule has 9 heteroatoms. The van der Waals surface area contributed by atoms with Gasteiger partial charge in [-0.15, -0.1) is 6.42 Å². The molecule has 0 aliphatic carbocycles. The second-order valence-electron chi connectivity index (χ2n) is 6.33. The first-order valence-electron chi connectivity index (χ1n) is 9.75. The van der Waals surface area contributed by atoms with Gasteiger partial charge in [-0.05, 0) is 48.9 Å². The summed E-state index contributed by atoms with van der Waals surface area (Å²) in [7, 11) is 1.56. The number of ether oxygens (including phenoxy) is 3. The molecule has 0 aliphatic heterocycles. The number of hydrazone groups is 1. The van der Waals surface area contributed by atoms with E-state index in [2.05, 4.69) is 21.8 Å². The highest BCUT2D eigenvalue weighted by Gasteiger charge is 2.12. The Bertz CT molecular complexity index is 1000. The predicted octanol–water partition coefficient (Wildman–Crippen LogP) is 3.63. The Kier molecular flexibility index (Phi) is 9.88. The van der Waals surface area contributed by atoms with Gasteiger partial charge in [0, 0.05) is 18.5 Å². The minimum absolute atomic E-state index is 0.00884. The van der Waals surface area contributed by atoms with Crippen molar-refractivity contribution in [1.29, 1.82) is 0 Å². The van der Waals surface area contributed by atoms with Crippen LogP contribution in [-0.4, -0.2) is 38.4 Å². The second-order valence-corrected chi connectivity index (χ2v) is 6.73. The van der Waals surface area contributed by atoms with Crippen LogP contribution in [0.3, 0.4) is 0 Å². The van der Waals surface area contributed by atoms with E-state index in [1.165, 1.54) is 6.21 Å². The minimum atomic E-state index is -0.406. The Morgan fingerprint density at radius 3 is 2.53 bits per heavy atom. The molecule has 2 aromatic carbocycles. The van der Waals surface area contributed by atoms with Crippen molar-refractivity contribution in [2.45, 2.75) is 19.8 Å². The SMILES string of the molecule is C#CCOc1c(Cl)cc(C=NNC(=O)CCC(=O)Nc2ccc(OC)cc2)cc1OCC. The lowest BCUT2D eigenvalue weighted by molar-refractivity contribution is -0.124. The van der Waals surface area contributed by atoms with E-state index < -0.39 is 5.91 Å². The first kappa shape index (κ1) is 24.6. The van der Waals surface area contributed by atoms with E-state index in [4.69, 9.17) is 32.2 Å². The van der Waals surface area contributed by atoms with Gasteiger partial charge in [0.2, 0.25) is 11.8 Å².